The van der Waals surface area contributed by atoms with E-state index in [1.807, 2.05) is 12.4 Å². The van der Waals surface area contributed by atoms with Crippen LogP contribution in [0.2, 0.25) is 0 Å². The Morgan fingerprint density at radius 3 is 1.17 bits per heavy atom. The van der Waals surface area contributed by atoms with Gasteiger partial charge in [0.2, 0.25) is 0 Å². The van der Waals surface area contributed by atoms with Crippen LogP contribution in [0.1, 0.15) is 142 Å². The number of phenolic OH excluding ortho intramolecular Hbond substituents is 2. The van der Waals surface area contributed by atoms with Crippen molar-refractivity contribution in [1.29, 1.82) is 0 Å². The Balaban J connectivity index is 0.00000301. The van der Waals surface area contributed by atoms with Crippen molar-refractivity contribution in [3.63, 3.8) is 0 Å². The van der Waals surface area contributed by atoms with Gasteiger partial charge in [-0.2, -0.15) is 0 Å². The van der Waals surface area contributed by atoms with Crippen molar-refractivity contribution < 1.29 is 30.0 Å². The van der Waals surface area contributed by atoms with Crippen molar-refractivity contribution in [3.8, 4) is 11.5 Å². The third-order valence-corrected chi connectivity index (χ3v) is 8.13. The zero-order valence-corrected chi connectivity index (χ0v) is 29.2. The predicted octanol–water partition coefficient (Wildman–Crippen LogP) is 9.02. The molecule has 0 amide bonds. The maximum atomic E-state index is 11.2. The first-order valence-corrected chi connectivity index (χ1v) is 15.7. The van der Waals surface area contributed by atoms with Gasteiger partial charge in [0.25, 0.3) is 0 Å². The molecule has 0 saturated heterocycles. The van der Waals surface area contributed by atoms with Gasteiger partial charge in [0.1, 0.15) is 11.5 Å². The molecule has 1 saturated carbocycles. The molecule has 2 atom stereocenters. The third kappa shape index (κ3) is 9.10. The van der Waals surface area contributed by atoms with E-state index in [0.29, 0.717) is 11.5 Å². The minimum absolute atomic E-state index is 0.0378. The van der Waals surface area contributed by atoms with Gasteiger partial charge in [-0.3, -0.25) is 9.98 Å². The summed E-state index contributed by atoms with van der Waals surface area (Å²) in [6, 6.07) is 8.53. The Kier molecular flexibility index (Phi) is 11.6. The molecule has 0 heterocycles. The molecule has 1 fully saturated rings. The zero-order chi connectivity index (χ0) is 32.3. The molecule has 233 valence electrons. The van der Waals surface area contributed by atoms with Crippen molar-refractivity contribution in [2.24, 2.45) is 9.98 Å². The van der Waals surface area contributed by atoms with Gasteiger partial charge in [-0.25, -0.2) is 0 Å². The molecule has 5 nitrogen and oxygen atoms in total. The molecule has 42 heavy (non-hydrogen) atoms. The quantitative estimate of drug-likeness (QED) is 0.265. The van der Waals surface area contributed by atoms with Gasteiger partial charge >= 0.3 is 19.8 Å². The molecule has 2 aromatic rings. The average Bonchev–Trinajstić information content (AvgIpc) is 2.86. The van der Waals surface area contributed by atoms with Gasteiger partial charge in [-0.1, -0.05) is 108 Å². The molecule has 3 rings (SSSR count). The van der Waals surface area contributed by atoms with E-state index in [2.05, 4.69) is 107 Å². The monoisotopic (exact) mass is 617 g/mol. The van der Waals surface area contributed by atoms with Crippen LogP contribution < -0.4 is 0 Å². The number of hydrogen-bond donors (Lipinski definition) is 2. The number of hydrogen-bond acceptors (Lipinski definition) is 5. The Morgan fingerprint density at radius 2 is 0.905 bits per heavy atom. The van der Waals surface area contributed by atoms with Crippen molar-refractivity contribution in [3.05, 3.63) is 57.6 Å². The maximum absolute atomic E-state index is 11.2. The van der Waals surface area contributed by atoms with Crippen LogP contribution in [0.3, 0.4) is 0 Å². The van der Waals surface area contributed by atoms with E-state index in [9.17, 15) is 10.2 Å². The Bertz CT molecular complexity index is 1190. The van der Waals surface area contributed by atoms with Crippen molar-refractivity contribution in [2.45, 2.75) is 143 Å². The van der Waals surface area contributed by atoms with Crippen LogP contribution in [0.4, 0.5) is 0 Å². The molecule has 0 unspecified atom stereocenters. The summed E-state index contributed by atoms with van der Waals surface area (Å²) in [4.78, 5) is 10.1. The first-order chi connectivity index (χ1) is 19.2. The fraction of sp³-hybridized carbons (Fsp3) is 0.611. The van der Waals surface area contributed by atoms with Crippen molar-refractivity contribution in [1.82, 2.24) is 0 Å². The van der Waals surface area contributed by atoms with E-state index in [1.165, 1.54) is 11.1 Å². The van der Waals surface area contributed by atoms with E-state index in [-0.39, 0.29) is 33.7 Å². The molecule has 0 bridgehead atoms. The second-order valence-corrected chi connectivity index (χ2v) is 15.9. The third-order valence-electron chi connectivity index (χ3n) is 8.13. The van der Waals surface area contributed by atoms with Crippen molar-refractivity contribution >= 4 is 12.4 Å². The summed E-state index contributed by atoms with van der Waals surface area (Å²) >= 11 is 1.69. The van der Waals surface area contributed by atoms with E-state index >= 15 is 0 Å². The molecule has 2 N–H and O–H groups in total. The number of rotatable bonds is 4. The summed E-state index contributed by atoms with van der Waals surface area (Å²) in [6.45, 7) is 26.0. The molecule has 0 aromatic heterocycles. The average molecular weight is 618 g/mol. The van der Waals surface area contributed by atoms with Crippen LogP contribution in [-0.4, -0.2) is 34.7 Å². The molecule has 0 radical (unpaired) electrons. The molecule has 1 aliphatic carbocycles. The normalized spacial score (nSPS) is 18.8. The molecule has 2 aromatic carbocycles. The van der Waals surface area contributed by atoms with E-state index < -0.39 is 0 Å². The van der Waals surface area contributed by atoms with Crippen LogP contribution in [0.15, 0.2) is 34.3 Å². The van der Waals surface area contributed by atoms with Crippen LogP contribution in [-0.2, 0) is 41.4 Å². The van der Waals surface area contributed by atoms with E-state index in [4.69, 9.17) is 13.8 Å². The fourth-order valence-electron chi connectivity index (χ4n) is 5.31. The first kappa shape index (κ1) is 35.9. The van der Waals surface area contributed by atoms with Crippen LogP contribution >= 0.6 is 0 Å². The second-order valence-electron chi connectivity index (χ2n) is 15.9. The van der Waals surface area contributed by atoms with E-state index in [0.717, 1.165) is 47.9 Å². The number of aliphatic imine (C=N–C) groups is 2. The van der Waals surface area contributed by atoms with Gasteiger partial charge in [0.15, 0.2) is 0 Å². The first-order valence-electron chi connectivity index (χ1n) is 15.2. The Labute approximate surface area is 263 Å². The summed E-state index contributed by atoms with van der Waals surface area (Å²) in [5, 5.41) is 22.5. The summed E-state index contributed by atoms with van der Waals surface area (Å²) < 4.78 is 8.06. The molecular weight excluding hydrogens is 563 g/mol. The van der Waals surface area contributed by atoms with Gasteiger partial charge in [0, 0.05) is 34.7 Å². The molecule has 6 heteroatoms. The summed E-state index contributed by atoms with van der Waals surface area (Å²) in [6.07, 6.45) is 7.90. The molecule has 1 aliphatic rings. The van der Waals surface area contributed by atoms with E-state index in [1.54, 1.807) is 15.9 Å². The number of aromatic hydroxyl groups is 2. The molecular formula is C36H54MnN2O3. The predicted molar refractivity (Wildman–Crippen MR) is 173 cm³/mol. The van der Waals surface area contributed by atoms with Crippen LogP contribution in [0.25, 0.3) is 0 Å². The van der Waals surface area contributed by atoms with Gasteiger partial charge in [-0.15, -0.1) is 0 Å². The Morgan fingerprint density at radius 1 is 0.595 bits per heavy atom. The number of benzene rings is 2. The number of nitrogens with zero attached hydrogens (tertiary/aromatic N) is 2. The zero-order valence-electron chi connectivity index (χ0n) is 28.0. The van der Waals surface area contributed by atoms with Gasteiger partial charge < -0.3 is 10.2 Å². The number of phenols is 2. The standard InChI is InChI=1S/C36H54N2O2.Mn.O/c1-33(2,3)25-17-23(31(39)27(19-25)35(7,8)9)21-37-29-15-13-14-16-30(29)38-22-24-18-26(34(4,5)6)20-28(32(24)40)36(10,11)12;;/h17-22,29-30,39-40H,13-16H2,1-12H3;;/t29-,30-;;/m0../s1. The Hall–Kier alpha value is -2.30. The van der Waals surface area contributed by atoms with Crippen molar-refractivity contribution in [2.75, 3.05) is 0 Å². The summed E-state index contributed by atoms with van der Waals surface area (Å²) in [5.41, 5.74) is 5.39. The van der Waals surface area contributed by atoms with Gasteiger partial charge in [-0.05, 0) is 57.8 Å². The van der Waals surface area contributed by atoms with Crippen LogP contribution in [0, 0.1) is 0 Å². The summed E-state index contributed by atoms with van der Waals surface area (Å²) in [7, 11) is 0. The molecule has 0 aliphatic heterocycles. The van der Waals surface area contributed by atoms with Crippen LogP contribution in [0.5, 0.6) is 11.5 Å². The topological polar surface area (TPSA) is 82.2 Å². The summed E-state index contributed by atoms with van der Waals surface area (Å²) in [5.74, 6) is 0.637. The SMILES string of the molecule is CC(C)(C)c1cc(C=N[C@H]2CCCC[C@@H]2N=Cc2cc(C(C)(C)C)cc(C(C)(C)C)c2O)c(O)c(C(C)(C)C)c1.[O]=[Mn]. The van der Waals surface area contributed by atoms with Gasteiger partial charge in [0.05, 0.1) is 12.1 Å². The minimum atomic E-state index is -0.179. The second kappa shape index (κ2) is 13.6. The fourth-order valence-corrected chi connectivity index (χ4v) is 5.31. The molecule has 0 spiro atoms.